The summed E-state index contributed by atoms with van der Waals surface area (Å²) < 4.78 is 13.2. The number of rotatable bonds is 3. The standard InChI is InChI=1S/C15H16FN3O/c1-9-4-5-13(10(2)6-9)19-15(20)12-7-11(16)8-18-14(12)17-3/h4-8H,1-3H3,(H,17,18)(H,19,20). The molecule has 2 rings (SSSR count). The molecule has 0 aliphatic carbocycles. The number of anilines is 2. The van der Waals surface area contributed by atoms with Gasteiger partial charge in [-0.1, -0.05) is 17.7 Å². The second-order valence-electron chi connectivity index (χ2n) is 4.57. The molecular weight excluding hydrogens is 257 g/mol. The van der Waals surface area contributed by atoms with Crippen molar-refractivity contribution >= 4 is 17.4 Å². The molecule has 1 amide bonds. The topological polar surface area (TPSA) is 54.0 Å². The molecule has 4 nitrogen and oxygen atoms in total. The lowest BCUT2D eigenvalue weighted by molar-refractivity contribution is 0.102. The van der Waals surface area contributed by atoms with Gasteiger partial charge < -0.3 is 10.6 Å². The Morgan fingerprint density at radius 3 is 2.65 bits per heavy atom. The van der Waals surface area contributed by atoms with Crippen molar-refractivity contribution in [2.45, 2.75) is 13.8 Å². The lowest BCUT2D eigenvalue weighted by Gasteiger charge is -2.11. The van der Waals surface area contributed by atoms with E-state index in [1.807, 2.05) is 32.0 Å². The van der Waals surface area contributed by atoms with Crippen LogP contribution in [0.3, 0.4) is 0 Å². The summed E-state index contributed by atoms with van der Waals surface area (Å²) in [5.41, 5.74) is 2.94. The highest BCUT2D eigenvalue weighted by Gasteiger charge is 2.14. The molecule has 2 aromatic rings. The molecule has 104 valence electrons. The quantitative estimate of drug-likeness (QED) is 0.903. The number of carbonyl (C=O) groups excluding carboxylic acids is 1. The van der Waals surface area contributed by atoms with E-state index in [4.69, 9.17) is 0 Å². The highest BCUT2D eigenvalue weighted by atomic mass is 19.1. The number of aryl methyl sites for hydroxylation is 2. The first-order chi connectivity index (χ1) is 9.51. The van der Waals surface area contributed by atoms with Crippen LogP contribution in [0.25, 0.3) is 0 Å². The van der Waals surface area contributed by atoms with Gasteiger partial charge >= 0.3 is 0 Å². The van der Waals surface area contributed by atoms with Crippen LogP contribution in [0, 0.1) is 19.7 Å². The first-order valence-electron chi connectivity index (χ1n) is 6.23. The molecular formula is C15H16FN3O. The van der Waals surface area contributed by atoms with Crippen LogP contribution < -0.4 is 10.6 Å². The van der Waals surface area contributed by atoms with Crippen LogP contribution in [-0.2, 0) is 0 Å². The molecule has 0 fully saturated rings. The van der Waals surface area contributed by atoms with Crippen LogP contribution in [-0.4, -0.2) is 17.9 Å². The van der Waals surface area contributed by atoms with Gasteiger partial charge in [-0.15, -0.1) is 0 Å². The third-order valence-corrected chi connectivity index (χ3v) is 2.97. The zero-order valence-corrected chi connectivity index (χ0v) is 11.6. The number of carbonyl (C=O) groups is 1. The van der Waals surface area contributed by atoms with Gasteiger partial charge in [0.25, 0.3) is 5.91 Å². The third kappa shape index (κ3) is 2.93. The van der Waals surface area contributed by atoms with Gasteiger partial charge in [-0.2, -0.15) is 0 Å². The number of nitrogens with one attached hydrogen (secondary N) is 2. The van der Waals surface area contributed by atoms with Crippen molar-refractivity contribution in [2.24, 2.45) is 0 Å². The number of hydrogen-bond acceptors (Lipinski definition) is 3. The van der Waals surface area contributed by atoms with Crippen molar-refractivity contribution in [3.63, 3.8) is 0 Å². The largest absolute Gasteiger partial charge is 0.372 e. The van der Waals surface area contributed by atoms with Gasteiger partial charge in [0.05, 0.1) is 11.8 Å². The minimum atomic E-state index is -0.547. The van der Waals surface area contributed by atoms with E-state index in [1.165, 1.54) is 0 Å². The molecule has 5 heteroatoms. The summed E-state index contributed by atoms with van der Waals surface area (Å²) in [6.07, 6.45) is 1.07. The summed E-state index contributed by atoms with van der Waals surface area (Å²) in [6.45, 7) is 3.89. The first kappa shape index (κ1) is 14.0. The van der Waals surface area contributed by atoms with E-state index in [-0.39, 0.29) is 5.56 Å². The van der Waals surface area contributed by atoms with Crippen molar-refractivity contribution in [2.75, 3.05) is 17.7 Å². The smallest absolute Gasteiger partial charge is 0.259 e. The van der Waals surface area contributed by atoms with Crippen molar-refractivity contribution in [3.8, 4) is 0 Å². The Bertz CT molecular complexity index is 656. The summed E-state index contributed by atoms with van der Waals surface area (Å²) in [5.74, 6) is -0.600. The predicted octanol–water partition coefficient (Wildman–Crippen LogP) is 3.13. The Labute approximate surface area is 117 Å². The minimum absolute atomic E-state index is 0.174. The zero-order valence-electron chi connectivity index (χ0n) is 11.6. The predicted molar refractivity (Wildman–Crippen MR) is 77.6 cm³/mol. The van der Waals surface area contributed by atoms with E-state index in [9.17, 15) is 9.18 Å². The highest BCUT2D eigenvalue weighted by molar-refractivity contribution is 6.07. The fourth-order valence-electron chi connectivity index (χ4n) is 1.96. The molecule has 0 bridgehead atoms. The second kappa shape index (κ2) is 5.69. The molecule has 0 radical (unpaired) electrons. The number of benzene rings is 1. The molecule has 20 heavy (non-hydrogen) atoms. The normalized spacial score (nSPS) is 10.2. The first-order valence-corrected chi connectivity index (χ1v) is 6.23. The van der Waals surface area contributed by atoms with E-state index in [1.54, 1.807) is 7.05 Å². The number of pyridine rings is 1. The van der Waals surface area contributed by atoms with E-state index < -0.39 is 11.7 Å². The van der Waals surface area contributed by atoms with Gasteiger partial charge in [-0.3, -0.25) is 4.79 Å². The summed E-state index contributed by atoms with van der Waals surface area (Å²) >= 11 is 0. The molecule has 1 heterocycles. The maximum Gasteiger partial charge on any atom is 0.259 e. The Hall–Kier alpha value is -2.43. The minimum Gasteiger partial charge on any atom is -0.372 e. The van der Waals surface area contributed by atoms with E-state index in [2.05, 4.69) is 15.6 Å². The van der Waals surface area contributed by atoms with Crippen molar-refractivity contribution in [1.29, 1.82) is 0 Å². The van der Waals surface area contributed by atoms with Crippen LogP contribution in [0.2, 0.25) is 0 Å². The Morgan fingerprint density at radius 2 is 2.00 bits per heavy atom. The van der Waals surface area contributed by atoms with Gasteiger partial charge in [0.2, 0.25) is 0 Å². The molecule has 1 aromatic heterocycles. The number of aromatic nitrogens is 1. The number of amides is 1. The van der Waals surface area contributed by atoms with Crippen LogP contribution in [0.1, 0.15) is 21.5 Å². The monoisotopic (exact) mass is 273 g/mol. The third-order valence-electron chi connectivity index (χ3n) is 2.97. The summed E-state index contributed by atoms with van der Waals surface area (Å²) in [4.78, 5) is 16.1. The molecule has 0 saturated heterocycles. The summed E-state index contributed by atoms with van der Waals surface area (Å²) in [6, 6.07) is 6.87. The number of hydrogen-bond donors (Lipinski definition) is 2. The Morgan fingerprint density at radius 1 is 1.25 bits per heavy atom. The summed E-state index contributed by atoms with van der Waals surface area (Å²) in [5, 5.41) is 5.54. The fourth-order valence-corrected chi connectivity index (χ4v) is 1.96. The molecule has 0 spiro atoms. The summed E-state index contributed by atoms with van der Waals surface area (Å²) in [7, 11) is 1.63. The maximum atomic E-state index is 13.2. The van der Waals surface area contributed by atoms with E-state index in [0.717, 1.165) is 23.4 Å². The van der Waals surface area contributed by atoms with E-state index >= 15 is 0 Å². The molecule has 0 aliphatic rings. The lowest BCUT2D eigenvalue weighted by Crippen LogP contribution is -2.16. The van der Waals surface area contributed by atoms with E-state index in [0.29, 0.717) is 11.5 Å². The fraction of sp³-hybridized carbons (Fsp3) is 0.200. The van der Waals surface area contributed by atoms with Gasteiger partial charge in [0.15, 0.2) is 0 Å². The second-order valence-corrected chi connectivity index (χ2v) is 4.57. The van der Waals surface area contributed by atoms with Crippen molar-refractivity contribution in [1.82, 2.24) is 4.98 Å². The molecule has 2 N–H and O–H groups in total. The zero-order chi connectivity index (χ0) is 14.7. The van der Waals surface area contributed by atoms with Crippen LogP contribution in [0.5, 0.6) is 0 Å². The molecule has 0 atom stereocenters. The lowest BCUT2D eigenvalue weighted by atomic mass is 10.1. The van der Waals surface area contributed by atoms with Gasteiger partial charge in [-0.25, -0.2) is 9.37 Å². The molecule has 0 saturated carbocycles. The van der Waals surface area contributed by atoms with Gasteiger partial charge in [0, 0.05) is 12.7 Å². The SMILES string of the molecule is CNc1ncc(F)cc1C(=O)Nc1ccc(C)cc1C. The van der Waals surface area contributed by atoms with Crippen LogP contribution in [0.15, 0.2) is 30.5 Å². The van der Waals surface area contributed by atoms with Gasteiger partial charge in [0.1, 0.15) is 11.6 Å². The van der Waals surface area contributed by atoms with Crippen LogP contribution in [0.4, 0.5) is 15.9 Å². The highest BCUT2D eigenvalue weighted by Crippen LogP contribution is 2.19. The maximum absolute atomic E-state index is 13.2. The molecule has 0 unspecified atom stereocenters. The average molecular weight is 273 g/mol. The Balaban J connectivity index is 2.30. The van der Waals surface area contributed by atoms with Crippen molar-refractivity contribution in [3.05, 3.63) is 53.0 Å². The van der Waals surface area contributed by atoms with Gasteiger partial charge in [-0.05, 0) is 31.5 Å². The molecule has 0 aliphatic heterocycles. The van der Waals surface area contributed by atoms with Crippen molar-refractivity contribution < 1.29 is 9.18 Å². The Kier molecular flexibility index (Phi) is 3.98. The average Bonchev–Trinajstić information content (AvgIpc) is 2.41. The van der Waals surface area contributed by atoms with Crippen LogP contribution >= 0.6 is 0 Å². The molecule has 1 aromatic carbocycles. The number of nitrogens with zero attached hydrogens (tertiary/aromatic N) is 1. The number of halogens is 1.